The van der Waals surface area contributed by atoms with Gasteiger partial charge in [0, 0.05) is 25.1 Å². The third-order valence-corrected chi connectivity index (χ3v) is 2.70. The van der Waals surface area contributed by atoms with Crippen LogP contribution in [0, 0.1) is 0 Å². The maximum atomic E-state index is 12.0. The zero-order valence-corrected chi connectivity index (χ0v) is 10.3. The summed E-state index contributed by atoms with van der Waals surface area (Å²) in [5.74, 6) is 0.833. The monoisotopic (exact) mass is 244 g/mol. The van der Waals surface area contributed by atoms with Crippen molar-refractivity contribution in [2.75, 3.05) is 12.8 Å². The first-order valence-electron chi connectivity index (χ1n) is 5.72. The number of anilines is 1. The van der Waals surface area contributed by atoms with Crippen LogP contribution >= 0.6 is 0 Å². The van der Waals surface area contributed by atoms with Crippen LogP contribution < -0.4 is 5.73 Å². The average Bonchev–Trinajstić information content (AvgIpc) is 2.85. The first-order chi connectivity index (χ1) is 8.65. The molecule has 1 aromatic carbocycles. The molecule has 18 heavy (non-hydrogen) atoms. The Kier molecular flexibility index (Phi) is 3.62. The van der Waals surface area contributed by atoms with Crippen LogP contribution in [0.15, 0.2) is 36.7 Å². The molecule has 0 atom stereocenters. The Labute approximate surface area is 106 Å². The van der Waals surface area contributed by atoms with Crippen LogP contribution in [0.3, 0.4) is 0 Å². The van der Waals surface area contributed by atoms with E-state index < -0.39 is 0 Å². The van der Waals surface area contributed by atoms with Gasteiger partial charge in [-0.25, -0.2) is 4.98 Å². The van der Waals surface area contributed by atoms with E-state index in [4.69, 9.17) is 5.73 Å². The number of H-pyrrole nitrogens is 1. The number of carbonyl (C=O) groups excluding carboxylic acids is 1. The van der Waals surface area contributed by atoms with Gasteiger partial charge in [0.1, 0.15) is 5.82 Å². The van der Waals surface area contributed by atoms with Crippen LogP contribution in [-0.4, -0.2) is 27.8 Å². The minimum absolute atomic E-state index is 0.0520. The van der Waals surface area contributed by atoms with Gasteiger partial charge in [-0.1, -0.05) is 12.1 Å². The number of nitrogens with two attached hydrogens (primary N) is 1. The molecule has 3 N–H and O–H groups in total. The number of amides is 1. The Morgan fingerprint density at radius 2 is 2.11 bits per heavy atom. The molecule has 94 valence electrons. The van der Waals surface area contributed by atoms with Crippen molar-refractivity contribution in [3.63, 3.8) is 0 Å². The van der Waals surface area contributed by atoms with Gasteiger partial charge in [-0.05, 0) is 17.7 Å². The van der Waals surface area contributed by atoms with Gasteiger partial charge in [0.2, 0.25) is 5.91 Å². The summed E-state index contributed by atoms with van der Waals surface area (Å²) in [4.78, 5) is 20.7. The van der Waals surface area contributed by atoms with Crippen molar-refractivity contribution in [1.29, 1.82) is 0 Å². The zero-order chi connectivity index (χ0) is 13.0. The summed E-state index contributed by atoms with van der Waals surface area (Å²) >= 11 is 0. The number of carbonyl (C=O) groups is 1. The molecule has 0 unspecified atom stereocenters. The lowest BCUT2D eigenvalue weighted by Gasteiger charge is -2.15. The summed E-state index contributed by atoms with van der Waals surface area (Å²) in [5.41, 5.74) is 7.26. The number of hydrogen-bond donors (Lipinski definition) is 2. The Morgan fingerprint density at radius 3 is 2.72 bits per heavy atom. The quantitative estimate of drug-likeness (QED) is 0.793. The van der Waals surface area contributed by atoms with E-state index >= 15 is 0 Å². The van der Waals surface area contributed by atoms with E-state index in [2.05, 4.69) is 9.97 Å². The molecule has 2 aromatic rings. The molecule has 0 radical (unpaired) electrons. The molecule has 1 heterocycles. The lowest BCUT2D eigenvalue weighted by atomic mass is 10.1. The second-order valence-corrected chi connectivity index (χ2v) is 4.20. The van der Waals surface area contributed by atoms with Crippen LogP contribution in [-0.2, 0) is 17.8 Å². The predicted molar refractivity (Wildman–Crippen MR) is 69.6 cm³/mol. The summed E-state index contributed by atoms with van der Waals surface area (Å²) in [6.07, 6.45) is 3.79. The molecule has 0 aliphatic heterocycles. The van der Waals surface area contributed by atoms with E-state index in [1.54, 1.807) is 36.5 Å². The van der Waals surface area contributed by atoms with Crippen LogP contribution in [0.4, 0.5) is 5.69 Å². The highest BCUT2D eigenvalue weighted by molar-refractivity contribution is 5.78. The maximum absolute atomic E-state index is 12.0. The zero-order valence-electron chi connectivity index (χ0n) is 10.3. The minimum Gasteiger partial charge on any atom is -0.399 e. The highest BCUT2D eigenvalue weighted by Crippen LogP contribution is 2.08. The molecule has 0 aliphatic carbocycles. The van der Waals surface area contributed by atoms with Crippen LogP contribution in [0.2, 0.25) is 0 Å². The molecule has 2 rings (SSSR count). The number of nitrogens with one attached hydrogen (secondary N) is 1. The third-order valence-electron chi connectivity index (χ3n) is 2.70. The second kappa shape index (κ2) is 5.35. The van der Waals surface area contributed by atoms with E-state index in [-0.39, 0.29) is 5.91 Å². The van der Waals surface area contributed by atoms with E-state index in [9.17, 15) is 4.79 Å². The Balaban J connectivity index is 1.93. The number of hydrogen-bond acceptors (Lipinski definition) is 3. The number of aromatic nitrogens is 2. The number of rotatable bonds is 4. The van der Waals surface area contributed by atoms with Crippen molar-refractivity contribution in [3.05, 3.63) is 48.0 Å². The number of nitrogen functional groups attached to an aromatic ring is 1. The molecule has 0 aliphatic rings. The molecular formula is C13H16N4O. The summed E-state index contributed by atoms with van der Waals surface area (Å²) in [6.45, 7) is 0.487. The smallest absolute Gasteiger partial charge is 0.227 e. The Hall–Kier alpha value is -2.30. The number of likely N-dealkylation sites (N-methyl/N-ethyl adjacent to an activating group) is 1. The average molecular weight is 244 g/mol. The van der Waals surface area contributed by atoms with E-state index in [1.807, 2.05) is 12.1 Å². The molecule has 5 nitrogen and oxygen atoms in total. The minimum atomic E-state index is 0.0520. The number of imidazole rings is 1. The highest BCUT2D eigenvalue weighted by Gasteiger charge is 2.10. The van der Waals surface area contributed by atoms with E-state index in [0.29, 0.717) is 18.7 Å². The molecule has 0 saturated heterocycles. The maximum Gasteiger partial charge on any atom is 0.227 e. The number of benzene rings is 1. The fourth-order valence-corrected chi connectivity index (χ4v) is 1.64. The summed E-state index contributed by atoms with van der Waals surface area (Å²) in [5, 5.41) is 0. The van der Waals surface area contributed by atoms with Crippen molar-refractivity contribution in [2.45, 2.75) is 13.0 Å². The number of aromatic amines is 1. The van der Waals surface area contributed by atoms with Gasteiger partial charge in [0.05, 0.1) is 13.0 Å². The number of nitrogens with zero attached hydrogens (tertiary/aromatic N) is 2. The topological polar surface area (TPSA) is 75.0 Å². The highest BCUT2D eigenvalue weighted by atomic mass is 16.2. The normalized spacial score (nSPS) is 10.3. The standard InChI is InChI=1S/C13H16N4O/c1-17(9-12-15-6-7-16-12)13(18)8-10-2-4-11(14)5-3-10/h2-7H,8-9,14H2,1H3,(H,15,16). The van der Waals surface area contributed by atoms with Crippen molar-refractivity contribution >= 4 is 11.6 Å². The van der Waals surface area contributed by atoms with Gasteiger partial charge < -0.3 is 15.6 Å². The second-order valence-electron chi connectivity index (χ2n) is 4.20. The van der Waals surface area contributed by atoms with Crippen LogP contribution in [0.1, 0.15) is 11.4 Å². The molecule has 0 saturated carbocycles. The molecule has 1 amide bonds. The van der Waals surface area contributed by atoms with Crippen LogP contribution in [0.25, 0.3) is 0 Å². The molecule has 0 spiro atoms. The van der Waals surface area contributed by atoms with E-state index in [0.717, 1.165) is 11.4 Å². The Morgan fingerprint density at radius 1 is 1.39 bits per heavy atom. The molecule has 5 heteroatoms. The SMILES string of the molecule is CN(Cc1ncc[nH]1)C(=O)Cc1ccc(N)cc1. The van der Waals surface area contributed by atoms with Gasteiger partial charge in [0.15, 0.2) is 0 Å². The van der Waals surface area contributed by atoms with Crippen LogP contribution in [0.5, 0.6) is 0 Å². The largest absolute Gasteiger partial charge is 0.399 e. The van der Waals surface area contributed by atoms with E-state index in [1.165, 1.54) is 0 Å². The van der Waals surface area contributed by atoms with Crippen molar-refractivity contribution < 1.29 is 4.79 Å². The van der Waals surface area contributed by atoms with Gasteiger partial charge >= 0.3 is 0 Å². The molecular weight excluding hydrogens is 228 g/mol. The first-order valence-corrected chi connectivity index (χ1v) is 5.72. The van der Waals surface area contributed by atoms with Gasteiger partial charge in [-0.15, -0.1) is 0 Å². The summed E-state index contributed by atoms with van der Waals surface area (Å²) < 4.78 is 0. The summed E-state index contributed by atoms with van der Waals surface area (Å²) in [6, 6.07) is 7.34. The van der Waals surface area contributed by atoms with Gasteiger partial charge in [-0.3, -0.25) is 4.79 Å². The van der Waals surface area contributed by atoms with Gasteiger partial charge in [-0.2, -0.15) is 0 Å². The van der Waals surface area contributed by atoms with Crippen molar-refractivity contribution in [3.8, 4) is 0 Å². The molecule has 0 fully saturated rings. The lowest BCUT2D eigenvalue weighted by molar-refractivity contribution is -0.129. The van der Waals surface area contributed by atoms with Gasteiger partial charge in [0.25, 0.3) is 0 Å². The Bertz CT molecular complexity index is 504. The van der Waals surface area contributed by atoms with Crippen molar-refractivity contribution in [2.24, 2.45) is 0 Å². The molecule has 1 aromatic heterocycles. The summed E-state index contributed by atoms with van der Waals surface area (Å²) in [7, 11) is 1.77. The predicted octanol–water partition coefficient (Wildman–Crippen LogP) is 1.19. The fourth-order valence-electron chi connectivity index (χ4n) is 1.64. The first kappa shape index (κ1) is 12.2. The molecule has 0 bridgehead atoms. The van der Waals surface area contributed by atoms with Crippen molar-refractivity contribution in [1.82, 2.24) is 14.9 Å². The fraction of sp³-hybridized carbons (Fsp3) is 0.231. The lowest BCUT2D eigenvalue weighted by Crippen LogP contribution is -2.28. The third kappa shape index (κ3) is 3.10.